The van der Waals surface area contributed by atoms with Gasteiger partial charge in [-0.3, -0.25) is 4.79 Å². The van der Waals surface area contributed by atoms with Crippen molar-refractivity contribution in [3.63, 3.8) is 0 Å². The highest BCUT2D eigenvalue weighted by molar-refractivity contribution is 7.22. The molecule has 0 aliphatic heterocycles. The number of rotatable bonds is 4. The fourth-order valence-corrected chi connectivity index (χ4v) is 5.07. The molecular formula is C21H24ClN3OS. The monoisotopic (exact) mass is 401 g/mol. The van der Waals surface area contributed by atoms with Gasteiger partial charge in [0.15, 0.2) is 4.47 Å². The number of hydrogen-bond donors (Lipinski definition) is 0. The highest BCUT2D eigenvalue weighted by Gasteiger charge is 2.28. The molecule has 2 aromatic heterocycles. The molecule has 0 saturated heterocycles. The van der Waals surface area contributed by atoms with Gasteiger partial charge in [-0.15, -0.1) is 11.3 Å². The van der Waals surface area contributed by atoms with E-state index in [9.17, 15) is 4.79 Å². The summed E-state index contributed by atoms with van der Waals surface area (Å²) in [5.74, 6) is 0.0915. The molecule has 2 heterocycles. The Morgan fingerprint density at radius 3 is 2.70 bits per heavy atom. The topological polar surface area (TPSA) is 38.1 Å². The van der Waals surface area contributed by atoms with Crippen LogP contribution in [0.3, 0.4) is 0 Å². The Bertz CT molecular complexity index is 1000. The normalized spacial score (nSPS) is 15.0. The van der Waals surface area contributed by atoms with Crippen molar-refractivity contribution in [3.05, 3.63) is 51.2 Å². The number of hydrogen-bond acceptors (Lipinski definition) is 3. The number of halogens is 1. The largest absolute Gasteiger partial charge is 0.352 e. The van der Waals surface area contributed by atoms with Crippen LogP contribution >= 0.6 is 22.9 Å². The zero-order valence-corrected chi connectivity index (χ0v) is 17.5. The molecule has 142 valence electrons. The first kappa shape index (κ1) is 18.5. The van der Waals surface area contributed by atoms with Crippen LogP contribution in [0.4, 0.5) is 0 Å². The Balaban J connectivity index is 1.68. The maximum Gasteiger partial charge on any atom is 0.254 e. The van der Waals surface area contributed by atoms with Crippen LogP contribution in [-0.2, 0) is 13.6 Å². The highest BCUT2D eigenvalue weighted by atomic mass is 35.5. The van der Waals surface area contributed by atoms with E-state index >= 15 is 0 Å². The van der Waals surface area contributed by atoms with Crippen LogP contribution < -0.4 is 0 Å². The van der Waals surface area contributed by atoms with E-state index in [1.165, 1.54) is 41.1 Å². The van der Waals surface area contributed by atoms with Gasteiger partial charge in [0.25, 0.3) is 5.91 Å². The van der Waals surface area contributed by atoms with Gasteiger partial charge in [-0.2, -0.15) is 0 Å². The molecule has 4 nitrogen and oxygen atoms in total. The number of carbonyl (C=O) groups is 1. The third-order valence-electron chi connectivity index (χ3n) is 5.86. The maximum absolute atomic E-state index is 13.5. The molecule has 0 spiro atoms. The summed E-state index contributed by atoms with van der Waals surface area (Å²) in [5.41, 5.74) is 5.17. The van der Waals surface area contributed by atoms with Crippen molar-refractivity contribution in [1.82, 2.24) is 14.5 Å². The lowest BCUT2D eigenvalue weighted by atomic mass is 10.1. The molecule has 1 aliphatic rings. The standard InChI is InChI=1S/C21H24ClN3OS/c1-13-10-16(14(2)24(13)3)12-25(17-6-4-5-7-17)20(26)15-8-9-19-18(11-15)23-21(22)27-19/h8-11,17H,4-7,12H2,1-3H3. The van der Waals surface area contributed by atoms with Crippen molar-refractivity contribution < 1.29 is 4.79 Å². The van der Waals surface area contributed by atoms with Gasteiger partial charge >= 0.3 is 0 Å². The molecule has 0 unspecified atom stereocenters. The number of benzene rings is 1. The van der Waals surface area contributed by atoms with Crippen molar-refractivity contribution in [2.24, 2.45) is 7.05 Å². The minimum Gasteiger partial charge on any atom is -0.352 e. The maximum atomic E-state index is 13.5. The SMILES string of the molecule is Cc1cc(CN(C(=O)c2ccc3sc(Cl)nc3c2)C2CCCC2)c(C)n1C. The van der Waals surface area contributed by atoms with Crippen LogP contribution in [0.25, 0.3) is 10.2 Å². The minimum absolute atomic E-state index is 0.0915. The van der Waals surface area contributed by atoms with Gasteiger partial charge in [0.1, 0.15) is 0 Å². The van der Waals surface area contributed by atoms with E-state index in [-0.39, 0.29) is 5.91 Å². The summed E-state index contributed by atoms with van der Waals surface area (Å²) in [5, 5.41) is 0. The zero-order chi connectivity index (χ0) is 19.1. The third kappa shape index (κ3) is 3.50. The van der Waals surface area contributed by atoms with E-state index in [0.717, 1.165) is 23.1 Å². The Hall–Kier alpha value is -1.85. The fourth-order valence-electron chi connectivity index (χ4n) is 4.06. The summed E-state index contributed by atoms with van der Waals surface area (Å²) in [7, 11) is 2.08. The first-order chi connectivity index (χ1) is 12.9. The van der Waals surface area contributed by atoms with Crippen molar-refractivity contribution in [2.75, 3.05) is 0 Å². The molecule has 27 heavy (non-hydrogen) atoms. The molecular weight excluding hydrogens is 378 g/mol. The van der Waals surface area contributed by atoms with Gasteiger partial charge in [0.05, 0.1) is 10.2 Å². The minimum atomic E-state index is 0.0915. The zero-order valence-electron chi connectivity index (χ0n) is 16.0. The van der Waals surface area contributed by atoms with Crippen molar-refractivity contribution in [3.8, 4) is 0 Å². The number of aryl methyl sites for hydroxylation is 1. The Morgan fingerprint density at radius 2 is 2.04 bits per heavy atom. The average molecular weight is 402 g/mol. The first-order valence-electron chi connectivity index (χ1n) is 9.43. The molecule has 1 saturated carbocycles. The Kier molecular flexibility index (Phi) is 4.99. The van der Waals surface area contributed by atoms with E-state index in [4.69, 9.17) is 11.6 Å². The van der Waals surface area contributed by atoms with Gasteiger partial charge in [-0.25, -0.2) is 4.98 Å². The van der Waals surface area contributed by atoms with E-state index < -0.39 is 0 Å². The number of thiazole rings is 1. The predicted molar refractivity (Wildman–Crippen MR) is 112 cm³/mol. The molecule has 1 aromatic carbocycles. The molecule has 1 aliphatic carbocycles. The van der Waals surface area contributed by atoms with Crippen LogP contribution in [0, 0.1) is 13.8 Å². The van der Waals surface area contributed by atoms with Crippen LogP contribution in [0.2, 0.25) is 4.47 Å². The molecule has 4 rings (SSSR count). The van der Waals surface area contributed by atoms with Crippen LogP contribution in [0.15, 0.2) is 24.3 Å². The summed E-state index contributed by atoms with van der Waals surface area (Å²) >= 11 is 7.47. The summed E-state index contributed by atoms with van der Waals surface area (Å²) in [4.78, 5) is 19.9. The second-order valence-corrected chi connectivity index (χ2v) is 9.09. The molecule has 0 bridgehead atoms. The molecule has 6 heteroatoms. The highest BCUT2D eigenvalue weighted by Crippen LogP contribution is 2.30. The number of fused-ring (bicyclic) bond motifs is 1. The van der Waals surface area contributed by atoms with Gasteiger partial charge in [-0.05, 0) is 56.5 Å². The van der Waals surface area contributed by atoms with E-state index in [1.807, 2.05) is 18.2 Å². The Morgan fingerprint density at radius 1 is 1.30 bits per heavy atom. The van der Waals surface area contributed by atoms with E-state index in [1.54, 1.807) is 0 Å². The molecule has 1 amide bonds. The molecule has 0 atom stereocenters. The average Bonchev–Trinajstić information content (AvgIpc) is 3.35. The number of aromatic nitrogens is 2. The van der Waals surface area contributed by atoms with Crippen LogP contribution in [-0.4, -0.2) is 26.4 Å². The first-order valence-corrected chi connectivity index (χ1v) is 10.6. The summed E-state index contributed by atoms with van der Waals surface area (Å²) in [6.07, 6.45) is 4.56. The van der Waals surface area contributed by atoms with E-state index in [0.29, 0.717) is 22.6 Å². The molecule has 1 fully saturated rings. The lowest BCUT2D eigenvalue weighted by Gasteiger charge is -2.29. The van der Waals surface area contributed by atoms with E-state index in [2.05, 4.69) is 41.4 Å². The summed E-state index contributed by atoms with van der Waals surface area (Å²) < 4.78 is 3.71. The summed E-state index contributed by atoms with van der Waals surface area (Å²) in [6.45, 7) is 4.90. The number of carbonyl (C=O) groups excluding carboxylic acids is 1. The van der Waals surface area contributed by atoms with Gasteiger partial charge in [0, 0.05) is 36.6 Å². The lowest BCUT2D eigenvalue weighted by molar-refractivity contribution is 0.0664. The van der Waals surface area contributed by atoms with Crippen molar-refractivity contribution >= 4 is 39.1 Å². The second kappa shape index (κ2) is 7.28. The van der Waals surface area contributed by atoms with Gasteiger partial charge in [0.2, 0.25) is 0 Å². The number of nitrogens with zero attached hydrogens (tertiary/aromatic N) is 3. The lowest BCUT2D eigenvalue weighted by Crippen LogP contribution is -2.38. The third-order valence-corrected chi connectivity index (χ3v) is 7.00. The van der Waals surface area contributed by atoms with Crippen molar-refractivity contribution in [2.45, 2.75) is 52.1 Å². The quantitative estimate of drug-likeness (QED) is 0.579. The summed E-state index contributed by atoms with van der Waals surface area (Å²) in [6, 6.07) is 8.26. The second-order valence-electron chi connectivity index (χ2n) is 7.48. The van der Waals surface area contributed by atoms with Crippen molar-refractivity contribution in [1.29, 1.82) is 0 Å². The van der Waals surface area contributed by atoms with Gasteiger partial charge < -0.3 is 9.47 Å². The molecule has 3 aromatic rings. The fraction of sp³-hybridized carbons (Fsp3) is 0.429. The van der Waals surface area contributed by atoms with Crippen LogP contribution in [0.1, 0.15) is 53.0 Å². The smallest absolute Gasteiger partial charge is 0.254 e. The molecule has 0 radical (unpaired) electrons. The van der Waals surface area contributed by atoms with Gasteiger partial charge in [-0.1, -0.05) is 24.4 Å². The van der Waals surface area contributed by atoms with Crippen LogP contribution in [0.5, 0.6) is 0 Å². The number of amides is 1. The predicted octanol–water partition coefficient (Wildman–Crippen LogP) is 5.49. The Labute approximate surface area is 168 Å². The molecule has 0 N–H and O–H groups in total.